The van der Waals surface area contributed by atoms with Crippen LogP contribution in [0.4, 0.5) is 0 Å². The summed E-state index contributed by atoms with van der Waals surface area (Å²) in [4.78, 5) is 0. The van der Waals surface area contributed by atoms with Gasteiger partial charge in [0.25, 0.3) is 0 Å². The van der Waals surface area contributed by atoms with Gasteiger partial charge in [0.05, 0.1) is 0 Å². The third-order valence-electron chi connectivity index (χ3n) is 1.50. The Balaban J connectivity index is 2.77. The van der Waals surface area contributed by atoms with E-state index in [1.807, 2.05) is 12.1 Å². The van der Waals surface area contributed by atoms with Crippen LogP contribution in [-0.4, -0.2) is 8.76 Å². The third kappa shape index (κ3) is 2.60. The number of rotatable bonds is 3. The highest BCUT2D eigenvalue weighted by Gasteiger charge is 1.91. The molecule has 0 radical (unpaired) electrons. The smallest absolute Gasteiger partial charge is 0.0353 e. The average Bonchev–Trinajstić information content (AvgIpc) is 2.05. The molecule has 0 aliphatic carbocycles. The van der Waals surface area contributed by atoms with Gasteiger partial charge in [0, 0.05) is 5.75 Å². The molecule has 0 N–H and O–H groups in total. The summed E-state index contributed by atoms with van der Waals surface area (Å²) in [6.07, 6.45) is 1.72. The monoisotopic (exact) mass is 181 g/mol. The van der Waals surface area contributed by atoms with E-state index in [0.29, 0.717) is 0 Å². The minimum atomic E-state index is -2.00. The molecule has 0 aromatic heterocycles. The van der Waals surface area contributed by atoms with Crippen LogP contribution >= 0.6 is 0 Å². The quantitative estimate of drug-likeness (QED) is 0.666. The van der Waals surface area contributed by atoms with Crippen LogP contribution in [0.1, 0.15) is 11.1 Å². The highest BCUT2D eigenvalue weighted by Crippen LogP contribution is 2.06. The van der Waals surface area contributed by atoms with Crippen LogP contribution in [-0.2, 0) is 16.8 Å². The molecule has 0 heterocycles. The van der Waals surface area contributed by atoms with Gasteiger partial charge in [0.1, 0.15) is 0 Å². The predicted octanol–water partition coefficient (Wildman–Crippen LogP) is 1.71. The number of hydrogen-bond acceptors (Lipinski definition) is 2. The van der Waals surface area contributed by atoms with Crippen molar-refractivity contribution < 1.29 is 8.76 Å². The van der Waals surface area contributed by atoms with E-state index in [4.69, 9.17) is 0 Å². The highest BCUT2D eigenvalue weighted by atomic mass is 32.2. The van der Waals surface area contributed by atoms with Crippen molar-refractivity contribution in [3.8, 4) is 0 Å². The SMILES string of the molecule is C=Cc1ccc(CS(=O)[O-])cc1. The Kier molecular flexibility index (Phi) is 3.19. The predicted molar refractivity (Wildman–Crippen MR) is 49.2 cm³/mol. The van der Waals surface area contributed by atoms with Gasteiger partial charge in [-0.2, -0.15) is 0 Å². The lowest BCUT2D eigenvalue weighted by Crippen LogP contribution is -1.92. The third-order valence-corrected chi connectivity index (χ3v) is 2.07. The molecule has 0 saturated carbocycles. The molecule has 64 valence electrons. The van der Waals surface area contributed by atoms with Crippen LogP contribution in [0.25, 0.3) is 6.08 Å². The van der Waals surface area contributed by atoms with E-state index in [1.165, 1.54) is 0 Å². The van der Waals surface area contributed by atoms with Gasteiger partial charge in [-0.3, -0.25) is 4.21 Å². The largest absolute Gasteiger partial charge is 0.772 e. The molecule has 1 aromatic rings. The molecule has 0 fully saturated rings. The zero-order valence-corrected chi connectivity index (χ0v) is 7.34. The van der Waals surface area contributed by atoms with Crippen molar-refractivity contribution in [1.82, 2.24) is 0 Å². The Morgan fingerprint density at radius 3 is 2.42 bits per heavy atom. The fraction of sp³-hybridized carbons (Fsp3) is 0.111. The van der Waals surface area contributed by atoms with Crippen LogP contribution in [0.3, 0.4) is 0 Å². The highest BCUT2D eigenvalue weighted by molar-refractivity contribution is 7.78. The van der Waals surface area contributed by atoms with Gasteiger partial charge in [-0.25, -0.2) is 0 Å². The average molecular weight is 181 g/mol. The molecule has 1 unspecified atom stereocenters. The van der Waals surface area contributed by atoms with Crippen molar-refractivity contribution in [3.05, 3.63) is 42.0 Å². The lowest BCUT2D eigenvalue weighted by Gasteiger charge is -2.04. The molecular weight excluding hydrogens is 172 g/mol. The lowest BCUT2D eigenvalue weighted by atomic mass is 10.1. The summed E-state index contributed by atoms with van der Waals surface area (Å²) in [6, 6.07) is 7.25. The van der Waals surface area contributed by atoms with Gasteiger partial charge in [-0.15, -0.1) is 0 Å². The summed E-state index contributed by atoms with van der Waals surface area (Å²) in [5, 5.41) is 0. The van der Waals surface area contributed by atoms with E-state index in [2.05, 4.69) is 6.58 Å². The van der Waals surface area contributed by atoms with Crippen molar-refractivity contribution in [3.63, 3.8) is 0 Å². The topological polar surface area (TPSA) is 40.1 Å². The molecule has 0 saturated heterocycles. The first kappa shape index (κ1) is 9.16. The Bertz CT molecular complexity index is 290. The second-order valence-electron chi connectivity index (χ2n) is 2.39. The summed E-state index contributed by atoms with van der Waals surface area (Å²) < 4.78 is 20.6. The molecule has 1 rings (SSSR count). The molecular formula is C9H9O2S-. The second kappa shape index (κ2) is 4.18. The lowest BCUT2D eigenvalue weighted by molar-refractivity contribution is 0.536. The van der Waals surface area contributed by atoms with Crippen LogP contribution in [0.5, 0.6) is 0 Å². The van der Waals surface area contributed by atoms with Crippen LogP contribution in [0, 0.1) is 0 Å². The molecule has 0 spiro atoms. The summed E-state index contributed by atoms with van der Waals surface area (Å²) in [5.41, 5.74) is 1.80. The Morgan fingerprint density at radius 1 is 1.42 bits per heavy atom. The molecule has 12 heavy (non-hydrogen) atoms. The van der Waals surface area contributed by atoms with Gasteiger partial charge < -0.3 is 4.55 Å². The summed E-state index contributed by atoms with van der Waals surface area (Å²) >= 11 is -2.00. The molecule has 2 nitrogen and oxygen atoms in total. The van der Waals surface area contributed by atoms with Crippen LogP contribution < -0.4 is 0 Å². The molecule has 1 aromatic carbocycles. The van der Waals surface area contributed by atoms with E-state index in [1.54, 1.807) is 18.2 Å². The Morgan fingerprint density at radius 2 is 2.00 bits per heavy atom. The zero-order valence-electron chi connectivity index (χ0n) is 6.53. The molecule has 0 aliphatic heterocycles. The van der Waals surface area contributed by atoms with Gasteiger partial charge in [-0.1, -0.05) is 48.0 Å². The second-order valence-corrected chi connectivity index (χ2v) is 3.29. The van der Waals surface area contributed by atoms with E-state index >= 15 is 0 Å². The van der Waals surface area contributed by atoms with Gasteiger partial charge in [0.2, 0.25) is 0 Å². The maximum Gasteiger partial charge on any atom is 0.0353 e. The minimum absolute atomic E-state index is 0.0808. The maximum absolute atomic E-state index is 10.3. The Labute approximate surface area is 74.2 Å². The van der Waals surface area contributed by atoms with E-state index < -0.39 is 11.1 Å². The van der Waals surface area contributed by atoms with Crippen molar-refractivity contribution >= 4 is 17.2 Å². The van der Waals surface area contributed by atoms with Crippen molar-refractivity contribution in [2.45, 2.75) is 5.75 Å². The molecule has 0 bridgehead atoms. The van der Waals surface area contributed by atoms with Crippen molar-refractivity contribution in [2.24, 2.45) is 0 Å². The first-order chi connectivity index (χ1) is 5.72. The number of benzene rings is 1. The van der Waals surface area contributed by atoms with E-state index in [-0.39, 0.29) is 5.75 Å². The molecule has 1 atom stereocenters. The summed E-state index contributed by atoms with van der Waals surface area (Å²) in [6.45, 7) is 3.60. The van der Waals surface area contributed by atoms with E-state index in [0.717, 1.165) is 11.1 Å². The molecule has 0 aliphatic rings. The maximum atomic E-state index is 10.3. The van der Waals surface area contributed by atoms with Crippen molar-refractivity contribution in [2.75, 3.05) is 0 Å². The summed E-state index contributed by atoms with van der Waals surface area (Å²) in [7, 11) is 0. The van der Waals surface area contributed by atoms with Gasteiger partial charge >= 0.3 is 0 Å². The first-order valence-electron chi connectivity index (χ1n) is 3.49. The van der Waals surface area contributed by atoms with Gasteiger partial charge in [0.15, 0.2) is 0 Å². The fourth-order valence-electron chi connectivity index (χ4n) is 0.886. The standard InChI is InChI=1S/C9H10O2S/c1-2-8-3-5-9(6-4-8)7-12(10)11/h2-6H,1,7H2,(H,10,11)/p-1. The molecule has 0 amide bonds. The zero-order chi connectivity index (χ0) is 8.97. The van der Waals surface area contributed by atoms with Crippen molar-refractivity contribution in [1.29, 1.82) is 0 Å². The minimum Gasteiger partial charge on any atom is -0.772 e. The number of hydrogen-bond donors (Lipinski definition) is 0. The normalized spacial score (nSPS) is 12.4. The van der Waals surface area contributed by atoms with Gasteiger partial charge in [-0.05, 0) is 11.1 Å². The van der Waals surface area contributed by atoms with Crippen LogP contribution in [0.2, 0.25) is 0 Å². The van der Waals surface area contributed by atoms with Crippen LogP contribution in [0.15, 0.2) is 30.8 Å². The summed E-state index contributed by atoms with van der Waals surface area (Å²) in [5.74, 6) is 0.0808. The fourth-order valence-corrected chi connectivity index (χ4v) is 1.35. The first-order valence-corrected chi connectivity index (χ1v) is 4.74. The molecule has 3 heteroatoms. The van der Waals surface area contributed by atoms with E-state index in [9.17, 15) is 8.76 Å². The Hall–Kier alpha value is -0.930.